The summed E-state index contributed by atoms with van der Waals surface area (Å²) >= 11 is 0. The molecule has 5 heteroatoms. The average Bonchev–Trinajstić information content (AvgIpc) is 2.92. The maximum absolute atomic E-state index is 11.9. The van der Waals surface area contributed by atoms with Gasteiger partial charge in [-0.2, -0.15) is 0 Å². The summed E-state index contributed by atoms with van der Waals surface area (Å²) in [6.45, 7) is 1.99. The third-order valence-electron chi connectivity index (χ3n) is 4.01. The lowest BCUT2D eigenvalue weighted by Gasteiger charge is -2.11. The summed E-state index contributed by atoms with van der Waals surface area (Å²) in [5.74, 6) is -1.33. The third kappa shape index (κ3) is 3.01. The molecule has 0 aliphatic rings. The number of nitrogens with zero attached hydrogens (tertiary/aromatic N) is 1. The molecule has 0 saturated heterocycles. The van der Waals surface area contributed by atoms with Crippen molar-refractivity contribution in [2.75, 3.05) is 0 Å². The second-order valence-corrected chi connectivity index (χ2v) is 5.86. The van der Waals surface area contributed by atoms with Crippen molar-refractivity contribution < 1.29 is 14.7 Å². The normalized spacial score (nSPS) is 10.9. The van der Waals surface area contributed by atoms with E-state index < -0.39 is 11.9 Å². The van der Waals surface area contributed by atoms with E-state index >= 15 is 0 Å². The first kappa shape index (κ1) is 15.8. The molecule has 0 atom stereocenters. The van der Waals surface area contributed by atoms with Crippen LogP contribution in [0.1, 0.15) is 28.0 Å². The van der Waals surface area contributed by atoms with Gasteiger partial charge in [-0.3, -0.25) is 9.59 Å². The van der Waals surface area contributed by atoms with E-state index in [9.17, 15) is 9.59 Å². The first-order valence-electron chi connectivity index (χ1n) is 7.69. The standard InChI is InChI=1S/C19H18N2O3/c1-12-5-7-16-14(9-12)11-17(19(20)24)21(16)15-4-2-3-13(10-15)6-8-18(22)23/h2-5,7,9-11H,6,8H2,1H3,(H2,20,24)(H,22,23). The SMILES string of the molecule is Cc1ccc2c(c1)cc(C(N)=O)n2-c1cccc(CCC(=O)O)c1. The van der Waals surface area contributed by atoms with Gasteiger partial charge in [-0.25, -0.2) is 0 Å². The Morgan fingerprint density at radius 2 is 1.92 bits per heavy atom. The van der Waals surface area contributed by atoms with E-state index in [1.807, 2.05) is 54.0 Å². The summed E-state index contributed by atoms with van der Waals surface area (Å²) < 4.78 is 1.82. The highest BCUT2D eigenvalue weighted by Gasteiger charge is 2.15. The van der Waals surface area contributed by atoms with Crippen molar-refractivity contribution in [1.29, 1.82) is 0 Å². The lowest BCUT2D eigenvalue weighted by atomic mass is 10.1. The van der Waals surface area contributed by atoms with Crippen LogP contribution in [0.4, 0.5) is 0 Å². The third-order valence-corrected chi connectivity index (χ3v) is 4.01. The van der Waals surface area contributed by atoms with Gasteiger partial charge in [-0.15, -0.1) is 0 Å². The number of carbonyl (C=O) groups is 2. The molecule has 1 heterocycles. The van der Waals surface area contributed by atoms with Gasteiger partial charge in [-0.05, 0) is 49.2 Å². The number of aliphatic carboxylic acids is 1. The molecule has 122 valence electrons. The topological polar surface area (TPSA) is 85.3 Å². The van der Waals surface area contributed by atoms with E-state index in [4.69, 9.17) is 10.8 Å². The van der Waals surface area contributed by atoms with Crippen LogP contribution in [0.3, 0.4) is 0 Å². The Bertz CT molecular complexity index is 941. The molecule has 3 N–H and O–H groups in total. The molecule has 0 bridgehead atoms. The zero-order valence-corrected chi connectivity index (χ0v) is 13.3. The predicted octanol–water partition coefficient (Wildman–Crippen LogP) is 3.06. The Balaban J connectivity index is 2.14. The van der Waals surface area contributed by atoms with Gasteiger partial charge in [0.1, 0.15) is 5.69 Å². The quantitative estimate of drug-likeness (QED) is 0.757. The molecular weight excluding hydrogens is 304 g/mol. The first-order valence-corrected chi connectivity index (χ1v) is 7.69. The molecule has 0 spiro atoms. The zero-order valence-electron chi connectivity index (χ0n) is 13.3. The number of fused-ring (bicyclic) bond motifs is 1. The maximum Gasteiger partial charge on any atom is 0.303 e. The largest absolute Gasteiger partial charge is 0.481 e. The van der Waals surface area contributed by atoms with Crippen LogP contribution in [0.2, 0.25) is 0 Å². The van der Waals surface area contributed by atoms with Crippen molar-refractivity contribution in [1.82, 2.24) is 4.57 Å². The van der Waals surface area contributed by atoms with Crippen molar-refractivity contribution in [2.24, 2.45) is 5.73 Å². The Labute approximate surface area is 139 Å². The van der Waals surface area contributed by atoms with Gasteiger partial charge in [0.05, 0.1) is 5.52 Å². The second kappa shape index (κ2) is 6.20. The van der Waals surface area contributed by atoms with Crippen molar-refractivity contribution in [2.45, 2.75) is 19.8 Å². The number of hydrogen-bond acceptors (Lipinski definition) is 2. The molecular formula is C19H18N2O3. The molecule has 1 amide bonds. The summed E-state index contributed by atoms with van der Waals surface area (Å²) in [6, 6.07) is 15.3. The molecule has 5 nitrogen and oxygen atoms in total. The van der Waals surface area contributed by atoms with E-state index in [0.717, 1.165) is 27.7 Å². The molecule has 0 aliphatic carbocycles. The summed E-state index contributed by atoms with van der Waals surface area (Å²) in [5.41, 5.74) is 9.66. The summed E-state index contributed by atoms with van der Waals surface area (Å²) in [6.07, 6.45) is 0.505. The number of carboxylic acids is 1. The highest BCUT2D eigenvalue weighted by Crippen LogP contribution is 2.26. The highest BCUT2D eigenvalue weighted by atomic mass is 16.4. The second-order valence-electron chi connectivity index (χ2n) is 5.86. The average molecular weight is 322 g/mol. The minimum absolute atomic E-state index is 0.0672. The van der Waals surface area contributed by atoms with Gasteiger partial charge in [0.2, 0.25) is 0 Å². The minimum Gasteiger partial charge on any atom is -0.481 e. The number of primary amides is 1. The maximum atomic E-state index is 11.9. The van der Waals surface area contributed by atoms with Crippen LogP contribution in [0.15, 0.2) is 48.5 Å². The molecule has 0 unspecified atom stereocenters. The van der Waals surface area contributed by atoms with Gasteiger partial charge in [0.25, 0.3) is 5.91 Å². The van der Waals surface area contributed by atoms with Crippen LogP contribution < -0.4 is 5.73 Å². The molecule has 2 aromatic carbocycles. The number of amides is 1. The van der Waals surface area contributed by atoms with Crippen molar-refractivity contribution in [3.63, 3.8) is 0 Å². The van der Waals surface area contributed by atoms with Gasteiger partial charge in [0.15, 0.2) is 0 Å². The van der Waals surface area contributed by atoms with Crippen molar-refractivity contribution in [3.05, 3.63) is 65.4 Å². The zero-order chi connectivity index (χ0) is 17.3. The molecule has 0 fully saturated rings. The first-order chi connectivity index (χ1) is 11.5. The fourth-order valence-electron chi connectivity index (χ4n) is 2.90. The Kier molecular flexibility index (Phi) is 4.08. The summed E-state index contributed by atoms with van der Waals surface area (Å²) in [5, 5.41) is 9.79. The Hall–Kier alpha value is -3.08. The number of benzene rings is 2. The van der Waals surface area contributed by atoms with Gasteiger partial charge >= 0.3 is 5.97 Å². The van der Waals surface area contributed by atoms with Gasteiger partial charge in [0, 0.05) is 17.5 Å². The van der Waals surface area contributed by atoms with E-state index in [1.165, 1.54) is 0 Å². The van der Waals surface area contributed by atoms with Gasteiger partial charge < -0.3 is 15.4 Å². The highest BCUT2D eigenvalue weighted by molar-refractivity contribution is 5.99. The fraction of sp³-hybridized carbons (Fsp3) is 0.158. The van der Waals surface area contributed by atoms with E-state index in [0.29, 0.717) is 12.1 Å². The van der Waals surface area contributed by atoms with Crippen LogP contribution in [0.25, 0.3) is 16.6 Å². The number of carboxylic acid groups (broad SMARTS) is 1. The van der Waals surface area contributed by atoms with Crippen LogP contribution in [0, 0.1) is 6.92 Å². The molecule has 24 heavy (non-hydrogen) atoms. The smallest absolute Gasteiger partial charge is 0.303 e. The van der Waals surface area contributed by atoms with Crippen LogP contribution >= 0.6 is 0 Å². The molecule has 1 aromatic heterocycles. The summed E-state index contributed by atoms with van der Waals surface area (Å²) in [7, 11) is 0. The minimum atomic E-state index is -0.833. The number of rotatable bonds is 5. The molecule has 3 rings (SSSR count). The number of hydrogen-bond donors (Lipinski definition) is 2. The number of aryl methyl sites for hydroxylation is 2. The molecule has 0 saturated carbocycles. The van der Waals surface area contributed by atoms with Crippen molar-refractivity contribution >= 4 is 22.8 Å². The summed E-state index contributed by atoms with van der Waals surface area (Å²) in [4.78, 5) is 22.6. The molecule has 3 aromatic rings. The molecule has 0 aliphatic heterocycles. The van der Waals surface area contributed by atoms with Crippen LogP contribution in [0.5, 0.6) is 0 Å². The van der Waals surface area contributed by atoms with Gasteiger partial charge in [-0.1, -0.05) is 23.8 Å². The van der Waals surface area contributed by atoms with Crippen LogP contribution in [-0.2, 0) is 11.2 Å². The Morgan fingerprint density at radius 3 is 2.62 bits per heavy atom. The van der Waals surface area contributed by atoms with Crippen LogP contribution in [-0.4, -0.2) is 21.6 Å². The van der Waals surface area contributed by atoms with E-state index in [1.54, 1.807) is 6.07 Å². The Morgan fingerprint density at radius 1 is 1.12 bits per heavy atom. The lowest BCUT2D eigenvalue weighted by Crippen LogP contribution is -2.16. The van der Waals surface area contributed by atoms with E-state index in [2.05, 4.69) is 0 Å². The predicted molar refractivity (Wildman–Crippen MR) is 92.5 cm³/mol. The number of carbonyl (C=O) groups excluding carboxylic acids is 1. The monoisotopic (exact) mass is 322 g/mol. The van der Waals surface area contributed by atoms with E-state index in [-0.39, 0.29) is 6.42 Å². The fourth-order valence-corrected chi connectivity index (χ4v) is 2.90. The number of nitrogens with two attached hydrogens (primary N) is 1. The molecule has 0 radical (unpaired) electrons. The lowest BCUT2D eigenvalue weighted by molar-refractivity contribution is -0.136. The number of aromatic nitrogens is 1. The van der Waals surface area contributed by atoms with Crippen molar-refractivity contribution in [3.8, 4) is 5.69 Å².